The van der Waals surface area contributed by atoms with Crippen molar-refractivity contribution in [3.63, 3.8) is 0 Å². The second-order valence-electron chi connectivity index (χ2n) is 7.16. The van der Waals surface area contributed by atoms with E-state index in [0.717, 1.165) is 22.6 Å². The number of carbonyl (C=O) groups is 1. The van der Waals surface area contributed by atoms with Crippen LogP contribution in [0.2, 0.25) is 0 Å². The van der Waals surface area contributed by atoms with E-state index in [-0.39, 0.29) is 5.91 Å². The highest BCUT2D eigenvalue weighted by Crippen LogP contribution is 2.32. The molecule has 0 radical (unpaired) electrons. The minimum absolute atomic E-state index is 0.0149. The molecule has 0 saturated heterocycles. The second-order valence-corrected chi connectivity index (χ2v) is 7.16. The van der Waals surface area contributed by atoms with Gasteiger partial charge in [-0.1, -0.05) is 63.6 Å². The zero-order valence-electron chi connectivity index (χ0n) is 16.1. The number of amides is 1. The summed E-state index contributed by atoms with van der Waals surface area (Å²) in [5, 5.41) is 3.17. The monoisotopic (exact) mass is 339 g/mol. The lowest BCUT2D eigenvalue weighted by Gasteiger charge is -2.20. The van der Waals surface area contributed by atoms with Crippen molar-refractivity contribution in [1.82, 2.24) is 0 Å². The first kappa shape index (κ1) is 19.0. The van der Waals surface area contributed by atoms with E-state index in [4.69, 9.17) is 4.74 Å². The molecule has 0 aromatic heterocycles. The molecule has 0 heterocycles. The summed E-state index contributed by atoms with van der Waals surface area (Å²) in [6, 6.07) is 12.2. The Kier molecular flexibility index (Phi) is 6.24. The summed E-state index contributed by atoms with van der Waals surface area (Å²) in [4.78, 5) is 12.7. The van der Waals surface area contributed by atoms with E-state index in [0.29, 0.717) is 18.3 Å². The van der Waals surface area contributed by atoms with Crippen molar-refractivity contribution in [3.05, 3.63) is 58.7 Å². The van der Waals surface area contributed by atoms with Gasteiger partial charge in [-0.05, 0) is 36.0 Å². The summed E-state index contributed by atoms with van der Waals surface area (Å²) in [6.07, 6.45) is 0.300. The Balaban J connectivity index is 2.31. The van der Waals surface area contributed by atoms with E-state index in [1.54, 1.807) is 7.11 Å². The number of aryl methyl sites for hydroxylation is 1. The quantitative estimate of drug-likeness (QED) is 0.762. The molecule has 2 rings (SSSR count). The number of hydrogen-bond donors (Lipinski definition) is 1. The van der Waals surface area contributed by atoms with E-state index < -0.39 is 0 Å². The van der Waals surface area contributed by atoms with Crippen LogP contribution in [0.15, 0.2) is 36.4 Å². The molecule has 3 nitrogen and oxygen atoms in total. The molecule has 134 valence electrons. The number of anilines is 1. The Bertz CT molecular complexity index is 721. The molecule has 0 saturated carbocycles. The predicted molar refractivity (Wildman–Crippen MR) is 105 cm³/mol. The van der Waals surface area contributed by atoms with Gasteiger partial charge in [0.05, 0.1) is 13.5 Å². The van der Waals surface area contributed by atoms with E-state index in [2.05, 4.69) is 51.2 Å². The molecule has 0 fully saturated rings. The van der Waals surface area contributed by atoms with Crippen LogP contribution in [-0.4, -0.2) is 13.0 Å². The zero-order chi connectivity index (χ0) is 18.6. The average Bonchev–Trinajstić information content (AvgIpc) is 2.54. The maximum absolute atomic E-state index is 12.7. The molecule has 1 N–H and O–H groups in total. The van der Waals surface area contributed by atoms with Gasteiger partial charge in [-0.2, -0.15) is 0 Å². The Hall–Kier alpha value is -2.29. The molecule has 1 amide bonds. The first-order chi connectivity index (χ1) is 11.8. The van der Waals surface area contributed by atoms with Crippen molar-refractivity contribution in [3.8, 4) is 5.75 Å². The van der Waals surface area contributed by atoms with Gasteiger partial charge < -0.3 is 10.1 Å². The first-order valence-corrected chi connectivity index (χ1v) is 8.89. The van der Waals surface area contributed by atoms with Gasteiger partial charge in [-0.3, -0.25) is 4.79 Å². The summed E-state index contributed by atoms with van der Waals surface area (Å²) in [6.45, 7) is 10.6. The number of methoxy groups -OCH3 is 1. The fourth-order valence-electron chi connectivity index (χ4n) is 3.10. The Morgan fingerprint density at radius 1 is 1.04 bits per heavy atom. The van der Waals surface area contributed by atoms with Crippen LogP contribution in [0.5, 0.6) is 5.75 Å². The highest BCUT2D eigenvalue weighted by atomic mass is 16.5. The van der Waals surface area contributed by atoms with E-state index in [1.165, 1.54) is 11.1 Å². The molecule has 0 aliphatic heterocycles. The molecular formula is C22H29NO2. The lowest BCUT2D eigenvalue weighted by atomic mass is 9.92. The molecule has 0 atom stereocenters. The van der Waals surface area contributed by atoms with Gasteiger partial charge in [0, 0.05) is 11.3 Å². The molecule has 3 heteroatoms. The summed E-state index contributed by atoms with van der Waals surface area (Å²) in [5.41, 5.74) is 5.35. The average molecular weight is 339 g/mol. The Morgan fingerprint density at radius 2 is 1.64 bits per heavy atom. The number of carbonyl (C=O) groups excluding carboxylic acids is 1. The third-order valence-corrected chi connectivity index (χ3v) is 4.42. The van der Waals surface area contributed by atoms with Crippen molar-refractivity contribution in [2.75, 3.05) is 12.4 Å². The van der Waals surface area contributed by atoms with Gasteiger partial charge in [-0.15, -0.1) is 0 Å². The number of hydrogen-bond acceptors (Lipinski definition) is 2. The largest absolute Gasteiger partial charge is 0.496 e. The van der Waals surface area contributed by atoms with E-state index >= 15 is 0 Å². The maximum Gasteiger partial charge on any atom is 0.228 e. The fraction of sp³-hybridized carbons (Fsp3) is 0.409. The van der Waals surface area contributed by atoms with Crippen molar-refractivity contribution < 1.29 is 9.53 Å². The summed E-state index contributed by atoms with van der Waals surface area (Å²) in [5.74, 6) is 1.44. The molecule has 0 unspecified atom stereocenters. The van der Waals surface area contributed by atoms with Gasteiger partial charge in [0.2, 0.25) is 5.91 Å². The highest BCUT2D eigenvalue weighted by molar-refractivity contribution is 5.94. The number of benzene rings is 2. The van der Waals surface area contributed by atoms with Crippen LogP contribution in [0.25, 0.3) is 0 Å². The minimum atomic E-state index is -0.0149. The standard InChI is InChI=1S/C22H29NO2/c1-14(2)18-8-7-9-19(15(3)4)22(18)23-21(24)13-17-12-16(5)10-11-20(17)25-6/h7-12,14-15H,13H2,1-6H3,(H,23,24). The molecule has 2 aromatic carbocycles. The lowest BCUT2D eigenvalue weighted by molar-refractivity contribution is -0.115. The summed E-state index contributed by atoms with van der Waals surface area (Å²) >= 11 is 0. The van der Waals surface area contributed by atoms with Crippen molar-refractivity contribution in [1.29, 1.82) is 0 Å². The number of para-hydroxylation sites is 1. The second kappa shape index (κ2) is 8.19. The molecular weight excluding hydrogens is 310 g/mol. The Labute approximate surface area is 151 Å². The molecule has 0 bridgehead atoms. The van der Waals surface area contributed by atoms with Crippen LogP contribution in [0.1, 0.15) is 61.8 Å². The third-order valence-electron chi connectivity index (χ3n) is 4.42. The van der Waals surface area contributed by atoms with Crippen LogP contribution in [0.3, 0.4) is 0 Å². The van der Waals surface area contributed by atoms with Gasteiger partial charge in [-0.25, -0.2) is 0 Å². The smallest absolute Gasteiger partial charge is 0.228 e. The van der Waals surface area contributed by atoms with E-state index in [9.17, 15) is 4.79 Å². The van der Waals surface area contributed by atoms with Gasteiger partial charge in [0.15, 0.2) is 0 Å². The number of nitrogens with one attached hydrogen (secondary N) is 1. The molecule has 0 spiro atoms. The van der Waals surface area contributed by atoms with Crippen LogP contribution in [0, 0.1) is 6.92 Å². The van der Waals surface area contributed by atoms with Crippen molar-refractivity contribution in [2.24, 2.45) is 0 Å². The zero-order valence-corrected chi connectivity index (χ0v) is 16.1. The van der Waals surface area contributed by atoms with Crippen LogP contribution < -0.4 is 10.1 Å². The van der Waals surface area contributed by atoms with Crippen LogP contribution in [-0.2, 0) is 11.2 Å². The fourth-order valence-corrected chi connectivity index (χ4v) is 3.10. The highest BCUT2D eigenvalue weighted by Gasteiger charge is 2.17. The predicted octanol–water partition coefficient (Wildman–Crippen LogP) is 5.43. The summed E-state index contributed by atoms with van der Waals surface area (Å²) in [7, 11) is 1.64. The molecule has 25 heavy (non-hydrogen) atoms. The van der Waals surface area contributed by atoms with Crippen LogP contribution in [0.4, 0.5) is 5.69 Å². The third kappa shape index (κ3) is 4.62. The number of rotatable bonds is 6. The van der Waals surface area contributed by atoms with Crippen molar-refractivity contribution in [2.45, 2.75) is 52.9 Å². The minimum Gasteiger partial charge on any atom is -0.496 e. The summed E-state index contributed by atoms with van der Waals surface area (Å²) < 4.78 is 5.40. The topological polar surface area (TPSA) is 38.3 Å². The van der Waals surface area contributed by atoms with Gasteiger partial charge >= 0.3 is 0 Å². The van der Waals surface area contributed by atoms with Gasteiger partial charge in [0.25, 0.3) is 0 Å². The number of ether oxygens (including phenoxy) is 1. The lowest BCUT2D eigenvalue weighted by Crippen LogP contribution is -2.18. The maximum atomic E-state index is 12.7. The molecule has 0 aliphatic carbocycles. The van der Waals surface area contributed by atoms with Gasteiger partial charge in [0.1, 0.15) is 5.75 Å². The Morgan fingerprint density at radius 3 is 2.16 bits per heavy atom. The SMILES string of the molecule is COc1ccc(C)cc1CC(=O)Nc1c(C(C)C)cccc1C(C)C. The van der Waals surface area contributed by atoms with Crippen molar-refractivity contribution >= 4 is 11.6 Å². The normalized spacial score (nSPS) is 11.0. The van der Waals surface area contributed by atoms with Crippen LogP contribution >= 0.6 is 0 Å². The van der Waals surface area contributed by atoms with E-state index in [1.807, 2.05) is 25.1 Å². The molecule has 2 aromatic rings. The first-order valence-electron chi connectivity index (χ1n) is 8.89. The molecule has 0 aliphatic rings.